The zero-order chi connectivity index (χ0) is 14.7. The highest BCUT2D eigenvalue weighted by atomic mass is 16.6. The number of carbonyl (C=O) groups is 2. The number of methoxy groups -OCH3 is 1. The van der Waals surface area contributed by atoms with Gasteiger partial charge in [-0.3, -0.25) is 19.7 Å². The number of aryl methyl sites for hydroxylation is 1. The normalized spacial score (nSPS) is 13.2. The molecule has 20 heavy (non-hydrogen) atoms. The number of nitro benzene ring substituents is 1. The summed E-state index contributed by atoms with van der Waals surface area (Å²) in [6, 6.07) is 2.88. The average Bonchev–Trinajstić information content (AvgIpc) is 2.43. The molecule has 0 unspecified atom stereocenters. The smallest absolute Gasteiger partial charge is 0.325 e. The lowest BCUT2D eigenvalue weighted by molar-refractivity contribution is -0.383. The molecular formula is C12H13N3O5. The molecule has 8 nitrogen and oxygen atoms in total. The maximum absolute atomic E-state index is 11.3. The number of nitro groups is 1. The van der Waals surface area contributed by atoms with Gasteiger partial charge in [0.2, 0.25) is 5.91 Å². The minimum Gasteiger partial charge on any atom is -0.468 e. The molecule has 1 amide bonds. The van der Waals surface area contributed by atoms with E-state index in [1.165, 1.54) is 13.2 Å². The Morgan fingerprint density at radius 3 is 2.90 bits per heavy atom. The molecule has 0 spiro atoms. The SMILES string of the molecule is COC(=O)CNc1cc2c(cc1[N+](=O)[O-])NC(=O)CC2. The predicted molar refractivity (Wildman–Crippen MR) is 70.6 cm³/mol. The van der Waals surface area contributed by atoms with Crippen molar-refractivity contribution in [3.8, 4) is 0 Å². The molecule has 0 fully saturated rings. The fourth-order valence-corrected chi connectivity index (χ4v) is 1.95. The van der Waals surface area contributed by atoms with Crippen molar-refractivity contribution in [1.82, 2.24) is 0 Å². The minimum atomic E-state index is -0.569. The Kier molecular flexibility index (Phi) is 3.83. The van der Waals surface area contributed by atoms with E-state index in [1.54, 1.807) is 6.07 Å². The molecule has 106 valence electrons. The Labute approximate surface area is 114 Å². The topological polar surface area (TPSA) is 111 Å². The fourth-order valence-electron chi connectivity index (χ4n) is 1.95. The summed E-state index contributed by atoms with van der Waals surface area (Å²) < 4.78 is 4.47. The van der Waals surface area contributed by atoms with Crippen LogP contribution in [0.1, 0.15) is 12.0 Å². The molecule has 1 heterocycles. The Hall–Kier alpha value is -2.64. The van der Waals surface area contributed by atoms with Gasteiger partial charge in [-0.1, -0.05) is 0 Å². The fraction of sp³-hybridized carbons (Fsp3) is 0.333. The number of fused-ring (bicyclic) bond motifs is 1. The molecule has 1 aliphatic rings. The number of nitrogens with one attached hydrogen (secondary N) is 2. The molecule has 1 aromatic carbocycles. The number of hydrogen-bond donors (Lipinski definition) is 2. The van der Waals surface area contributed by atoms with E-state index in [9.17, 15) is 19.7 Å². The highest BCUT2D eigenvalue weighted by Crippen LogP contribution is 2.33. The van der Waals surface area contributed by atoms with Gasteiger partial charge in [0.15, 0.2) is 0 Å². The number of hydrogen-bond acceptors (Lipinski definition) is 6. The van der Waals surface area contributed by atoms with Gasteiger partial charge in [0.1, 0.15) is 12.2 Å². The number of benzene rings is 1. The maximum Gasteiger partial charge on any atom is 0.325 e. The monoisotopic (exact) mass is 279 g/mol. The molecule has 8 heteroatoms. The lowest BCUT2D eigenvalue weighted by Gasteiger charge is -2.18. The highest BCUT2D eigenvalue weighted by Gasteiger charge is 2.22. The first-order valence-corrected chi connectivity index (χ1v) is 5.93. The lowest BCUT2D eigenvalue weighted by atomic mass is 10.0. The zero-order valence-corrected chi connectivity index (χ0v) is 10.8. The van der Waals surface area contributed by atoms with E-state index < -0.39 is 10.9 Å². The van der Waals surface area contributed by atoms with E-state index in [-0.39, 0.29) is 23.8 Å². The first-order valence-electron chi connectivity index (χ1n) is 5.93. The largest absolute Gasteiger partial charge is 0.468 e. The van der Waals surface area contributed by atoms with E-state index in [1.807, 2.05) is 0 Å². The van der Waals surface area contributed by atoms with Crippen LogP contribution in [-0.2, 0) is 20.7 Å². The van der Waals surface area contributed by atoms with Crippen LogP contribution in [0.2, 0.25) is 0 Å². The molecule has 2 rings (SSSR count). The van der Waals surface area contributed by atoms with Gasteiger partial charge in [-0.15, -0.1) is 0 Å². The number of nitrogens with zero attached hydrogens (tertiary/aromatic N) is 1. The van der Waals surface area contributed by atoms with Crippen molar-refractivity contribution in [2.45, 2.75) is 12.8 Å². The third-order valence-electron chi connectivity index (χ3n) is 2.96. The highest BCUT2D eigenvalue weighted by molar-refractivity contribution is 5.95. The Balaban J connectivity index is 2.32. The van der Waals surface area contributed by atoms with Crippen LogP contribution in [0.4, 0.5) is 17.1 Å². The van der Waals surface area contributed by atoms with Gasteiger partial charge in [0, 0.05) is 12.5 Å². The molecule has 0 atom stereocenters. The second-order valence-electron chi connectivity index (χ2n) is 4.26. The second kappa shape index (κ2) is 5.55. The summed E-state index contributed by atoms with van der Waals surface area (Å²) in [5.74, 6) is -0.688. The third kappa shape index (κ3) is 2.85. The van der Waals surface area contributed by atoms with E-state index >= 15 is 0 Å². The van der Waals surface area contributed by atoms with Gasteiger partial charge in [-0.2, -0.15) is 0 Å². The Morgan fingerprint density at radius 2 is 2.25 bits per heavy atom. The number of rotatable bonds is 4. The Morgan fingerprint density at radius 1 is 1.50 bits per heavy atom. The van der Waals surface area contributed by atoms with Crippen LogP contribution in [0.5, 0.6) is 0 Å². The molecule has 1 aliphatic heterocycles. The minimum absolute atomic E-state index is 0.164. The van der Waals surface area contributed by atoms with Crippen LogP contribution in [0.3, 0.4) is 0 Å². The summed E-state index contributed by atoms with van der Waals surface area (Å²) in [4.78, 5) is 32.8. The van der Waals surface area contributed by atoms with Gasteiger partial charge in [0.25, 0.3) is 5.69 Å². The van der Waals surface area contributed by atoms with Gasteiger partial charge in [-0.05, 0) is 18.1 Å². The standard InChI is InChI=1S/C12H13N3O5/c1-20-12(17)6-13-9-4-7-2-3-11(16)14-8(7)5-10(9)15(18)19/h4-5,13H,2-3,6H2,1H3,(H,14,16). The number of carbonyl (C=O) groups excluding carboxylic acids is 2. The number of amides is 1. The molecule has 0 aliphatic carbocycles. The summed E-state index contributed by atoms with van der Waals surface area (Å²) in [5, 5.41) is 16.3. The van der Waals surface area contributed by atoms with E-state index in [0.717, 1.165) is 5.56 Å². The van der Waals surface area contributed by atoms with E-state index in [4.69, 9.17) is 0 Å². The van der Waals surface area contributed by atoms with Gasteiger partial charge in [-0.25, -0.2) is 0 Å². The molecule has 0 bridgehead atoms. The molecule has 0 aromatic heterocycles. The quantitative estimate of drug-likeness (QED) is 0.484. The van der Waals surface area contributed by atoms with Gasteiger partial charge in [0.05, 0.1) is 17.7 Å². The van der Waals surface area contributed by atoms with Crippen molar-refractivity contribution in [1.29, 1.82) is 0 Å². The van der Waals surface area contributed by atoms with Crippen molar-refractivity contribution < 1.29 is 19.2 Å². The van der Waals surface area contributed by atoms with E-state index in [2.05, 4.69) is 15.4 Å². The number of ether oxygens (including phenoxy) is 1. The molecule has 1 aromatic rings. The van der Waals surface area contributed by atoms with Crippen LogP contribution in [0.15, 0.2) is 12.1 Å². The summed E-state index contributed by atoms with van der Waals surface area (Å²) >= 11 is 0. The predicted octanol–water partition coefficient (Wildman–Crippen LogP) is 1.06. The van der Waals surface area contributed by atoms with Gasteiger partial charge >= 0.3 is 5.97 Å². The molecule has 2 N–H and O–H groups in total. The second-order valence-corrected chi connectivity index (χ2v) is 4.26. The molecule has 0 saturated carbocycles. The summed E-state index contributed by atoms with van der Waals surface area (Å²) in [6.45, 7) is -0.164. The molecular weight excluding hydrogens is 266 g/mol. The number of esters is 1. The van der Waals surface area contributed by atoms with Crippen molar-refractivity contribution >= 4 is 28.9 Å². The molecule has 0 saturated heterocycles. The Bertz CT molecular complexity index is 585. The first kappa shape index (κ1) is 13.8. The van der Waals surface area contributed by atoms with Crippen LogP contribution >= 0.6 is 0 Å². The summed E-state index contributed by atoms with van der Waals surface area (Å²) in [6.07, 6.45) is 0.841. The van der Waals surface area contributed by atoms with Crippen molar-refractivity contribution in [3.63, 3.8) is 0 Å². The number of anilines is 2. The lowest BCUT2D eigenvalue weighted by Crippen LogP contribution is -2.20. The zero-order valence-electron chi connectivity index (χ0n) is 10.8. The van der Waals surface area contributed by atoms with Crippen molar-refractivity contribution in [2.75, 3.05) is 24.3 Å². The third-order valence-corrected chi connectivity index (χ3v) is 2.96. The summed E-state index contributed by atoms with van der Waals surface area (Å²) in [5.41, 5.74) is 1.27. The molecule has 0 radical (unpaired) electrons. The van der Waals surface area contributed by atoms with Gasteiger partial charge < -0.3 is 15.4 Å². The van der Waals surface area contributed by atoms with Crippen molar-refractivity contribution in [2.24, 2.45) is 0 Å². The van der Waals surface area contributed by atoms with Crippen LogP contribution in [-0.4, -0.2) is 30.5 Å². The maximum atomic E-state index is 11.3. The van der Waals surface area contributed by atoms with Crippen LogP contribution in [0, 0.1) is 10.1 Å². The van der Waals surface area contributed by atoms with Crippen LogP contribution in [0.25, 0.3) is 0 Å². The van der Waals surface area contributed by atoms with E-state index in [0.29, 0.717) is 18.5 Å². The van der Waals surface area contributed by atoms with Crippen LogP contribution < -0.4 is 10.6 Å². The summed E-state index contributed by atoms with van der Waals surface area (Å²) in [7, 11) is 1.24. The average molecular weight is 279 g/mol. The van der Waals surface area contributed by atoms with Crippen molar-refractivity contribution in [3.05, 3.63) is 27.8 Å². The first-order chi connectivity index (χ1) is 9.51.